The van der Waals surface area contributed by atoms with Gasteiger partial charge in [-0.05, 0) is 17.7 Å². The Hall–Kier alpha value is -1.24. The molecule has 0 radical (unpaired) electrons. The van der Waals surface area contributed by atoms with Crippen molar-refractivity contribution in [1.29, 1.82) is 0 Å². The third-order valence-electron chi connectivity index (χ3n) is 2.65. The summed E-state index contributed by atoms with van der Waals surface area (Å²) < 4.78 is 4.98. The molecule has 1 rings (SSSR count). The number of nitrogens with one attached hydrogen (secondary N) is 1. The minimum absolute atomic E-state index is 0.133. The molecule has 1 amide bonds. The molecule has 1 atom stereocenters. The highest BCUT2D eigenvalue weighted by molar-refractivity contribution is 7.99. The number of amides is 1. The quantitative estimate of drug-likeness (QED) is 0.725. The summed E-state index contributed by atoms with van der Waals surface area (Å²) in [5.74, 6) is -0.104. The van der Waals surface area contributed by atoms with Crippen molar-refractivity contribution in [3.05, 3.63) is 34.9 Å². The molecular formula is C14H18ClNO4S. The Bertz CT molecular complexity index is 484. The van der Waals surface area contributed by atoms with E-state index in [9.17, 15) is 9.59 Å². The Morgan fingerprint density at radius 1 is 1.48 bits per heavy atom. The van der Waals surface area contributed by atoms with Crippen LogP contribution in [0.3, 0.4) is 0 Å². The van der Waals surface area contributed by atoms with Crippen LogP contribution in [0.15, 0.2) is 24.3 Å². The van der Waals surface area contributed by atoms with Gasteiger partial charge in [0.2, 0.25) is 5.91 Å². The van der Waals surface area contributed by atoms with Crippen molar-refractivity contribution >= 4 is 35.2 Å². The van der Waals surface area contributed by atoms with Gasteiger partial charge in [0.05, 0.1) is 18.3 Å². The lowest BCUT2D eigenvalue weighted by molar-refractivity contribution is -0.140. The summed E-state index contributed by atoms with van der Waals surface area (Å²) in [7, 11) is 1.42. The molecule has 7 heteroatoms. The average molecular weight is 332 g/mol. The molecule has 0 aliphatic carbocycles. The van der Waals surface area contributed by atoms with Crippen molar-refractivity contribution in [2.45, 2.75) is 18.3 Å². The van der Waals surface area contributed by atoms with E-state index in [-0.39, 0.29) is 18.9 Å². The number of ether oxygens (including phenoxy) is 1. The van der Waals surface area contributed by atoms with Gasteiger partial charge in [0, 0.05) is 24.4 Å². The lowest BCUT2D eigenvalue weighted by atomic mass is 10.2. The van der Waals surface area contributed by atoms with Crippen LogP contribution in [-0.4, -0.2) is 42.5 Å². The maximum atomic E-state index is 11.6. The fourth-order valence-electron chi connectivity index (χ4n) is 1.60. The monoisotopic (exact) mass is 331 g/mol. The van der Waals surface area contributed by atoms with Crippen molar-refractivity contribution in [2.75, 3.05) is 19.4 Å². The minimum Gasteiger partial charge on any atom is -0.481 e. The molecule has 0 aliphatic heterocycles. The molecule has 0 spiro atoms. The molecular weight excluding hydrogens is 314 g/mol. The molecule has 2 N–H and O–H groups in total. The number of rotatable bonds is 9. The first-order valence-electron chi connectivity index (χ1n) is 6.34. The van der Waals surface area contributed by atoms with Gasteiger partial charge in [-0.2, -0.15) is 0 Å². The fourth-order valence-corrected chi connectivity index (χ4v) is 2.62. The van der Waals surface area contributed by atoms with E-state index >= 15 is 0 Å². The van der Waals surface area contributed by atoms with Gasteiger partial charge in [0.1, 0.15) is 0 Å². The molecule has 0 fully saturated rings. The van der Waals surface area contributed by atoms with Gasteiger partial charge in [-0.1, -0.05) is 23.7 Å². The van der Waals surface area contributed by atoms with Crippen molar-refractivity contribution in [2.24, 2.45) is 0 Å². The molecule has 1 aromatic rings. The lowest BCUT2D eigenvalue weighted by Gasteiger charge is -2.13. The third kappa shape index (κ3) is 7.94. The summed E-state index contributed by atoms with van der Waals surface area (Å²) in [6, 6.07) is 7.48. The summed E-state index contributed by atoms with van der Waals surface area (Å²) in [5, 5.41) is 12.0. The first-order valence-corrected chi connectivity index (χ1v) is 7.88. The summed E-state index contributed by atoms with van der Waals surface area (Å²) in [6.45, 7) is 0.194. The third-order valence-corrected chi connectivity index (χ3v) is 3.89. The number of hydrogen-bond donors (Lipinski definition) is 2. The average Bonchev–Trinajstić information content (AvgIpc) is 2.43. The number of benzene rings is 1. The van der Waals surface area contributed by atoms with Gasteiger partial charge in [0.25, 0.3) is 0 Å². The second kappa shape index (κ2) is 9.65. The SMILES string of the molecule is COC(CNC(=O)CSCc1cccc(Cl)c1)CC(=O)O. The molecule has 1 unspecified atom stereocenters. The summed E-state index contributed by atoms with van der Waals surface area (Å²) in [6.07, 6.45) is -0.642. The number of carboxylic acids is 1. The van der Waals surface area contributed by atoms with E-state index in [0.29, 0.717) is 16.5 Å². The molecule has 0 heterocycles. The number of carbonyl (C=O) groups excluding carboxylic acids is 1. The Kier molecular flexibility index (Phi) is 8.19. The zero-order valence-electron chi connectivity index (χ0n) is 11.7. The second-order valence-corrected chi connectivity index (χ2v) is 5.80. The topological polar surface area (TPSA) is 75.6 Å². The Balaban J connectivity index is 2.23. The van der Waals surface area contributed by atoms with Gasteiger partial charge < -0.3 is 15.2 Å². The number of carboxylic acid groups (broad SMARTS) is 1. The van der Waals surface area contributed by atoms with Gasteiger partial charge >= 0.3 is 5.97 Å². The van der Waals surface area contributed by atoms with Crippen molar-refractivity contribution in [1.82, 2.24) is 5.32 Å². The van der Waals surface area contributed by atoms with Crippen molar-refractivity contribution in [3.8, 4) is 0 Å². The van der Waals surface area contributed by atoms with E-state index in [1.165, 1.54) is 18.9 Å². The van der Waals surface area contributed by atoms with E-state index in [1.807, 2.05) is 18.2 Å². The maximum absolute atomic E-state index is 11.6. The maximum Gasteiger partial charge on any atom is 0.306 e. The number of carbonyl (C=O) groups is 2. The van der Waals surface area contributed by atoms with E-state index < -0.39 is 12.1 Å². The smallest absolute Gasteiger partial charge is 0.306 e. The Morgan fingerprint density at radius 3 is 2.86 bits per heavy atom. The number of methoxy groups -OCH3 is 1. The van der Waals surface area contributed by atoms with Crippen LogP contribution in [0.1, 0.15) is 12.0 Å². The van der Waals surface area contributed by atoms with Gasteiger partial charge in [-0.15, -0.1) is 11.8 Å². The summed E-state index contributed by atoms with van der Waals surface area (Å²) >= 11 is 7.35. The van der Waals surface area contributed by atoms with Crippen LogP contribution in [0, 0.1) is 0 Å². The predicted molar refractivity (Wildman–Crippen MR) is 83.7 cm³/mol. The number of hydrogen-bond acceptors (Lipinski definition) is 4. The van der Waals surface area contributed by atoms with Crippen LogP contribution in [0.2, 0.25) is 5.02 Å². The molecule has 0 aliphatic rings. The van der Waals surface area contributed by atoms with E-state index in [0.717, 1.165) is 5.56 Å². The molecule has 21 heavy (non-hydrogen) atoms. The zero-order valence-corrected chi connectivity index (χ0v) is 13.2. The Morgan fingerprint density at radius 2 is 2.24 bits per heavy atom. The second-order valence-electron chi connectivity index (χ2n) is 4.38. The minimum atomic E-state index is -0.952. The molecule has 5 nitrogen and oxygen atoms in total. The first kappa shape index (κ1) is 17.8. The normalized spacial score (nSPS) is 11.9. The molecule has 1 aromatic carbocycles. The largest absolute Gasteiger partial charge is 0.481 e. The van der Waals surface area contributed by atoms with Crippen molar-refractivity contribution < 1.29 is 19.4 Å². The molecule has 0 saturated carbocycles. The van der Waals surface area contributed by atoms with Gasteiger partial charge in [-0.25, -0.2) is 0 Å². The molecule has 0 bridgehead atoms. The first-order chi connectivity index (χ1) is 10.0. The molecule has 0 aromatic heterocycles. The number of halogens is 1. The van der Waals surface area contributed by atoms with E-state index in [4.69, 9.17) is 21.4 Å². The predicted octanol–water partition coefficient (Wildman–Crippen LogP) is 2.18. The van der Waals surface area contributed by atoms with Crippen LogP contribution in [0.25, 0.3) is 0 Å². The number of thioether (sulfide) groups is 1. The van der Waals surface area contributed by atoms with Crippen LogP contribution < -0.4 is 5.32 Å². The standard InChI is InChI=1S/C14H18ClNO4S/c1-20-12(6-14(18)19)7-16-13(17)9-21-8-10-3-2-4-11(15)5-10/h2-5,12H,6-9H2,1H3,(H,16,17)(H,18,19). The summed E-state index contributed by atoms with van der Waals surface area (Å²) in [4.78, 5) is 22.2. The molecule has 0 saturated heterocycles. The highest BCUT2D eigenvalue weighted by atomic mass is 35.5. The van der Waals surface area contributed by atoms with E-state index in [2.05, 4.69) is 5.32 Å². The van der Waals surface area contributed by atoms with Crippen LogP contribution in [-0.2, 0) is 20.1 Å². The lowest BCUT2D eigenvalue weighted by Crippen LogP contribution is -2.35. The molecule has 116 valence electrons. The Labute approximate surface area is 133 Å². The van der Waals surface area contributed by atoms with Gasteiger partial charge in [0.15, 0.2) is 0 Å². The number of aliphatic carboxylic acids is 1. The highest BCUT2D eigenvalue weighted by Gasteiger charge is 2.13. The van der Waals surface area contributed by atoms with Crippen LogP contribution >= 0.6 is 23.4 Å². The summed E-state index contributed by atoms with van der Waals surface area (Å²) in [5.41, 5.74) is 1.06. The van der Waals surface area contributed by atoms with Crippen LogP contribution in [0.5, 0.6) is 0 Å². The van der Waals surface area contributed by atoms with Gasteiger partial charge in [-0.3, -0.25) is 9.59 Å². The fraction of sp³-hybridized carbons (Fsp3) is 0.429. The van der Waals surface area contributed by atoms with E-state index in [1.54, 1.807) is 6.07 Å². The highest BCUT2D eigenvalue weighted by Crippen LogP contribution is 2.16. The zero-order chi connectivity index (χ0) is 15.7. The van der Waals surface area contributed by atoms with Crippen molar-refractivity contribution in [3.63, 3.8) is 0 Å². The van der Waals surface area contributed by atoms with Crippen LogP contribution in [0.4, 0.5) is 0 Å².